The van der Waals surface area contributed by atoms with Gasteiger partial charge in [0.05, 0.1) is 30.7 Å². The van der Waals surface area contributed by atoms with Crippen LogP contribution in [0.5, 0.6) is 0 Å². The molecule has 1 atom stereocenters. The lowest BCUT2D eigenvalue weighted by Gasteiger charge is -2.32. The molecular formula is C15H14ClN3O4. The lowest BCUT2D eigenvalue weighted by Crippen LogP contribution is -2.52. The maximum absolute atomic E-state index is 12.6. The van der Waals surface area contributed by atoms with Crippen LogP contribution in [0.1, 0.15) is 10.4 Å². The highest BCUT2D eigenvalue weighted by atomic mass is 35.5. The minimum absolute atomic E-state index is 0.0104. The van der Waals surface area contributed by atoms with Crippen molar-refractivity contribution in [3.05, 3.63) is 47.2 Å². The maximum Gasteiger partial charge on any atom is 0.328 e. The van der Waals surface area contributed by atoms with E-state index in [1.54, 1.807) is 24.4 Å². The second-order valence-electron chi connectivity index (χ2n) is 5.08. The molecule has 1 amide bonds. The van der Waals surface area contributed by atoms with Crippen molar-refractivity contribution in [2.24, 2.45) is 0 Å². The first-order valence-corrected chi connectivity index (χ1v) is 7.36. The summed E-state index contributed by atoms with van der Waals surface area (Å²) in [6.07, 6.45) is 2.97. The normalized spacial score (nSPS) is 18.0. The van der Waals surface area contributed by atoms with Gasteiger partial charge in [-0.1, -0.05) is 17.7 Å². The molecule has 1 N–H and O–H groups in total. The Bertz CT molecular complexity index is 746. The van der Waals surface area contributed by atoms with Gasteiger partial charge in [0, 0.05) is 17.8 Å². The van der Waals surface area contributed by atoms with Gasteiger partial charge in [0.2, 0.25) is 0 Å². The topological polar surface area (TPSA) is 84.7 Å². The molecule has 1 fully saturated rings. The molecule has 1 aromatic heterocycles. The Morgan fingerprint density at radius 3 is 2.96 bits per heavy atom. The van der Waals surface area contributed by atoms with E-state index in [2.05, 4.69) is 5.10 Å². The highest BCUT2D eigenvalue weighted by Gasteiger charge is 2.33. The molecule has 120 valence electrons. The van der Waals surface area contributed by atoms with Gasteiger partial charge in [0.25, 0.3) is 5.91 Å². The minimum atomic E-state index is -1.08. The molecule has 0 saturated carbocycles. The smallest absolute Gasteiger partial charge is 0.328 e. The third-order valence-corrected chi connectivity index (χ3v) is 3.81. The Hall–Kier alpha value is -2.38. The highest BCUT2D eigenvalue weighted by molar-refractivity contribution is 6.30. The third-order valence-electron chi connectivity index (χ3n) is 3.58. The van der Waals surface area contributed by atoms with Crippen LogP contribution < -0.4 is 0 Å². The lowest BCUT2D eigenvalue weighted by molar-refractivity contribution is -0.147. The SMILES string of the molecule is O=C(O)C1COCCN1C(=O)c1cnn(-c2cccc(Cl)c2)c1. The zero-order valence-corrected chi connectivity index (χ0v) is 12.8. The molecule has 2 heterocycles. The Morgan fingerprint density at radius 2 is 2.22 bits per heavy atom. The molecule has 8 heteroatoms. The van der Waals surface area contributed by atoms with Crippen LogP contribution in [0, 0.1) is 0 Å². The molecule has 1 aromatic carbocycles. The van der Waals surface area contributed by atoms with Crippen LogP contribution in [0.4, 0.5) is 0 Å². The number of carboxylic acid groups (broad SMARTS) is 1. The Labute approximate surface area is 137 Å². The number of hydrogen-bond acceptors (Lipinski definition) is 4. The summed E-state index contributed by atoms with van der Waals surface area (Å²) in [5, 5.41) is 13.9. The van der Waals surface area contributed by atoms with E-state index in [1.807, 2.05) is 6.07 Å². The monoisotopic (exact) mass is 335 g/mol. The van der Waals surface area contributed by atoms with E-state index in [0.717, 1.165) is 0 Å². The van der Waals surface area contributed by atoms with Crippen LogP contribution in [-0.2, 0) is 9.53 Å². The first-order valence-electron chi connectivity index (χ1n) is 6.98. The van der Waals surface area contributed by atoms with Crippen molar-refractivity contribution in [1.82, 2.24) is 14.7 Å². The van der Waals surface area contributed by atoms with Crippen molar-refractivity contribution >= 4 is 23.5 Å². The zero-order valence-electron chi connectivity index (χ0n) is 12.1. The standard InChI is InChI=1S/C15H14ClN3O4/c16-11-2-1-3-12(6-11)19-8-10(7-17-19)14(20)18-4-5-23-9-13(18)15(21)22/h1-3,6-8,13H,4-5,9H2,(H,21,22). The van der Waals surface area contributed by atoms with Crippen LogP contribution in [0.2, 0.25) is 5.02 Å². The second kappa shape index (κ2) is 6.39. The fraction of sp³-hybridized carbons (Fsp3) is 0.267. The fourth-order valence-corrected chi connectivity index (χ4v) is 2.59. The molecule has 23 heavy (non-hydrogen) atoms. The number of benzene rings is 1. The number of nitrogens with zero attached hydrogens (tertiary/aromatic N) is 3. The summed E-state index contributed by atoms with van der Waals surface area (Å²) in [5.74, 6) is -1.46. The Balaban J connectivity index is 1.84. The lowest BCUT2D eigenvalue weighted by atomic mass is 10.2. The van der Waals surface area contributed by atoms with Gasteiger partial charge in [-0.3, -0.25) is 4.79 Å². The van der Waals surface area contributed by atoms with Gasteiger partial charge >= 0.3 is 5.97 Å². The molecule has 7 nitrogen and oxygen atoms in total. The highest BCUT2D eigenvalue weighted by Crippen LogP contribution is 2.17. The van der Waals surface area contributed by atoms with Gasteiger partial charge < -0.3 is 14.7 Å². The van der Waals surface area contributed by atoms with Gasteiger partial charge in [-0.15, -0.1) is 0 Å². The molecule has 1 aliphatic heterocycles. The van der Waals surface area contributed by atoms with Crippen LogP contribution in [0.25, 0.3) is 5.69 Å². The number of aromatic nitrogens is 2. The average Bonchev–Trinajstić information content (AvgIpc) is 3.04. The van der Waals surface area contributed by atoms with Crippen LogP contribution in [-0.4, -0.2) is 57.5 Å². The summed E-state index contributed by atoms with van der Waals surface area (Å²) in [7, 11) is 0. The van der Waals surface area contributed by atoms with E-state index < -0.39 is 12.0 Å². The zero-order chi connectivity index (χ0) is 16.4. The first kappa shape index (κ1) is 15.5. The van der Waals surface area contributed by atoms with Crippen molar-refractivity contribution < 1.29 is 19.4 Å². The number of rotatable bonds is 3. The maximum atomic E-state index is 12.6. The van der Waals surface area contributed by atoms with E-state index in [9.17, 15) is 14.7 Å². The van der Waals surface area contributed by atoms with E-state index >= 15 is 0 Å². The number of carbonyl (C=O) groups is 2. The number of carboxylic acids is 1. The minimum Gasteiger partial charge on any atom is -0.480 e. The van der Waals surface area contributed by atoms with Crippen LogP contribution in [0.15, 0.2) is 36.7 Å². The molecule has 2 aromatic rings. The molecule has 0 radical (unpaired) electrons. The van der Waals surface area contributed by atoms with Crippen molar-refractivity contribution in [1.29, 1.82) is 0 Å². The molecular weight excluding hydrogens is 322 g/mol. The summed E-state index contributed by atoms with van der Waals surface area (Å²) in [4.78, 5) is 25.1. The van der Waals surface area contributed by atoms with Gasteiger partial charge in [0.15, 0.2) is 6.04 Å². The van der Waals surface area contributed by atoms with Crippen LogP contribution >= 0.6 is 11.6 Å². The van der Waals surface area contributed by atoms with Gasteiger partial charge in [-0.25, -0.2) is 9.48 Å². The number of ether oxygens (including phenoxy) is 1. The van der Waals surface area contributed by atoms with E-state index in [-0.39, 0.29) is 19.1 Å². The quantitative estimate of drug-likeness (QED) is 0.917. The van der Waals surface area contributed by atoms with Gasteiger partial charge in [-0.2, -0.15) is 5.10 Å². The van der Waals surface area contributed by atoms with Crippen LogP contribution in [0.3, 0.4) is 0 Å². The molecule has 1 saturated heterocycles. The van der Waals surface area contributed by atoms with Crippen molar-refractivity contribution in [3.63, 3.8) is 0 Å². The molecule has 3 rings (SSSR count). The summed E-state index contributed by atoms with van der Waals surface area (Å²) < 4.78 is 6.66. The largest absolute Gasteiger partial charge is 0.480 e. The molecule has 0 aliphatic carbocycles. The van der Waals surface area contributed by atoms with E-state index in [4.69, 9.17) is 16.3 Å². The van der Waals surface area contributed by atoms with E-state index in [0.29, 0.717) is 22.9 Å². The predicted molar refractivity (Wildman–Crippen MR) is 81.9 cm³/mol. The summed E-state index contributed by atoms with van der Waals surface area (Å²) in [5.41, 5.74) is 1.03. The Kier molecular flexibility index (Phi) is 4.31. The molecule has 0 spiro atoms. The fourth-order valence-electron chi connectivity index (χ4n) is 2.41. The Morgan fingerprint density at radius 1 is 1.39 bits per heavy atom. The number of aliphatic carboxylic acids is 1. The number of halogens is 1. The number of morpholine rings is 1. The number of carbonyl (C=O) groups excluding carboxylic acids is 1. The van der Waals surface area contributed by atoms with Gasteiger partial charge in [-0.05, 0) is 18.2 Å². The predicted octanol–water partition coefficient (Wildman–Crippen LogP) is 1.45. The molecule has 1 aliphatic rings. The van der Waals surface area contributed by atoms with Gasteiger partial charge in [0.1, 0.15) is 0 Å². The molecule has 1 unspecified atom stereocenters. The van der Waals surface area contributed by atoms with Crippen molar-refractivity contribution in [2.75, 3.05) is 19.8 Å². The second-order valence-corrected chi connectivity index (χ2v) is 5.52. The molecule has 0 bridgehead atoms. The van der Waals surface area contributed by atoms with E-state index in [1.165, 1.54) is 15.8 Å². The summed E-state index contributed by atoms with van der Waals surface area (Å²) >= 11 is 5.94. The number of hydrogen-bond donors (Lipinski definition) is 1. The average molecular weight is 336 g/mol. The number of amides is 1. The summed E-state index contributed by atoms with van der Waals surface area (Å²) in [6, 6.07) is 6.07. The third kappa shape index (κ3) is 3.20. The summed E-state index contributed by atoms with van der Waals surface area (Å²) in [6.45, 7) is 0.541. The first-order chi connectivity index (χ1) is 11.1. The van der Waals surface area contributed by atoms with Crippen molar-refractivity contribution in [2.45, 2.75) is 6.04 Å². The van der Waals surface area contributed by atoms with Crippen molar-refractivity contribution in [3.8, 4) is 5.69 Å².